The van der Waals surface area contributed by atoms with Gasteiger partial charge in [0.15, 0.2) is 11.6 Å². The standard InChI is InChI=1S/C20H23N3O2S/c1-15(20(26-3)16(2)25)23(11-12-24)14-22-19-10-9-18(13-21-19)17-7-5-4-6-8-17/h4-10,13-14,24H,11-12H2,1-3H3/b20-15-,22-14?. The third-order valence-electron chi connectivity index (χ3n) is 3.81. The van der Waals surface area contributed by atoms with E-state index in [4.69, 9.17) is 0 Å². The zero-order valence-electron chi connectivity index (χ0n) is 15.2. The van der Waals surface area contributed by atoms with E-state index in [2.05, 4.69) is 9.98 Å². The van der Waals surface area contributed by atoms with Crippen LogP contribution in [0.4, 0.5) is 5.82 Å². The number of carbonyl (C=O) groups is 1. The lowest BCUT2D eigenvalue weighted by Crippen LogP contribution is -2.25. The van der Waals surface area contributed by atoms with Crippen molar-refractivity contribution < 1.29 is 9.90 Å². The maximum Gasteiger partial charge on any atom is 0.167 e. The van der Waals surface area contributed by atoms with Crippen LogP contribution in [0, 0.1) is 0 Å². The Kier molecular flexibility index (Phi) is 7.56. The fraction of sp³-hybridized carbons (Fsp3) is 0.250. The zero-order valence-corrected chi connectivity index (χ0v) is 16.0. The molecule has 0 aliphatic carbocycles. The highest BCUT2D eigenvalue weighted by atomic mass is 32.2. The molecule has 0 bridgehead atoms. The van der Waals surface area contributed by atoms with Crippen LogP contribution in [0.25, 0.3) is 11.1 Å². The van der Waals surface area contributed by atoms with Crippen molar-refractivity contribution in [3.63, 3.8) is 0 Å². The van der Waals surface area contributed by atoms with Gasteiger partial charge in [0.05, 0.1) is 17.9 Å². The summed E-state index contributed by atoms with van der Waals surface area (Å²) in [5, 5.41) is 9.31. The Labute approximate surface area is 158 Å². The van der Waals surface area contributed by atoms with Crippen LogP contribution in [0.5, 0.6) is 0 Å². The number of aromatic nitrogens is 1. The number of rotatable bonds is 8. The summed E-state index contributed by atoms with van der Waals surface area (Å²) in [5.74, 6) is 0.561. The number of nitrogens with zero attached hydrogens (tertiary/aromatic N) is 3. The van der Waals surface area contributed by atoms with E-state index in [9.17, 15) is 9.90 Å². The summed E-state index contributed by atoms with van der Waals surface area (Å²) < 4.78 is 0. The highest BCUT2D eigenvalue weighted by molar-refractivity contribution is 8.03. The number of Topliss-reactive ketones (excluding diaryl/α,β-unsaturated/α-hetero) is 1. The second kappa shape index (κ2) is 9.89. The third kappa shape index (κ3) is 5.28. The van der Waals surface area contributed by atoms with Crippen LogP contribution in [0.3, 0.4) is 0 Å². The number of carbonyl (C=O) groups excluding carboxylic acids is 1. The van der Waals surface area contributed by atoms with Gasteiger partial charge in [-0.2, -0.15) is 0 Å². The summed E-state index contributed by atoms with van der Waals surface area (Å²) in [6, 6.07) is 13.8. The van der Waals surface area contributed by atoms with Crippen LogP contribution in [0.1, 0.15) is 13.8 Å². The molecule has 2 rings (SSSR count). The lowest BCUT2D eigenvalue weighted by molar-refractivity contribution is -0.113. The highest BCUT2D eigenvalue weighted by Crippen LogP contribution is 2.22. The number of benzene rings is 1. The summed E-state index contributed by atoms with van der Waals surface area (Å²) in [6.45, 7) is 3.70. The van der Waals surface area contributed by atoms with Crippen molar-refractivity contribution in [3.05, 3.63) is 59.3 Å². The molecule has 0 aliphatic heterocycles. The van der Waals surface area contributed by atoms with E-state index < -0.39 is 0 Å². The van der Waals surface area contributed by atoms with Gasteiger partial charge in [0.1, 0.15) is 0 Å². The van der Waals surface area contributed by atoms with Crippen molar-refractivity contribution in [3.8, 4) is 11.1 Å². The molecule has 0 amide bonds. The number of allylic oxidation sites excluding steroid dienone is 2. The number of hydrogen-bond donors (Lipinski definition) is 1. The summed E-state index contributed by atoms with van der Waals surface area (Å²) in [5.41, 5.74) is 2.89. The van der Waals surface area contributed by atoms with E-state index in [-0.39, 0.29) is 12.4 Å². The topological polar surface area (TPSA) is 65.8 Å². The van der Waals surface area contributed by atoms with Gasteiger partial charge in [0.25, 0.3) is 0 Å². The minimum absolute atomic E-state index is 0.00308. The molecule has 5 nitrogen and oxygen atoms in total. The van der Waals surface area contributed by atoms with Gasteiger partial charge in [-0.25, -0.2) is 9.98 Å². The van der Waals surface area contributed by atoms with E-state index in [1.54, 1.807) is 17.4 Å². The molecule has 0 spiro atoms. The van der Waals surface area contributed by atoms with Gasteiger partial charge in [-0.1, -0.05) is 30.3 Å². The molecule has 0 atom stereocenters. The van der Waals surface area contributed by atoms with Gasteiger partial charge in [0, 0.05) is 24.0 Å². The predicted molar refractivity (Wildman–Crippen MR) is 109 cm³/mol. The first kappa shape index (κ1) is 19.9. The first-order chi connectivity index (χ1) is 12.6. The first-order valence-corrected chi connectivity index (χ1v) is 9.48. The first-order valence-electron chi connectivity index (χ1n) is 8.25. The van der Waals surface area contributed by atoms with E-state index in [1.807, 2.05) is 55.6 Å². The summed E-state index contributed by atoms with van der Waals surface area (Å²) in [7, 11) is 0. The van der Waals surface area contributed by atoms with Crippen LogP contribution in [0.15, 0.2) is 64.3 Å². The molecule has 0 radical (unpaired) electrons. The Morgan fingerprint density at radius 3 is 2.46 bits per heavy atom. The molecule has 6 heteroatoms. The smallest absolute Gasteiger partial charge is 0.167 e. The quantitative estimate of drug-likeness (QED) is 0.434. The van der Waals surface area contributed by atoms with E-state index in [0.717, 1.165) is 16.8 Å². The molecule has 26 heavy (non-hydrogen) atoms. The summed E-state index contributed by atoms with van der Waals surface area (Å²) >= 11 is 1.39. The number of aliphatic hydroxyl groups is 1. The zero-order chi connectivity index (χ0) is 18.9. The predicted octanol–water partition coefficient (Wildman–Crippen LogP) is 3.89. The molecule has 0 saturated heterocycles. The van der Waals surface area contributed by atoms with Crippen molar-refractivity contribution in [1.82, 2.24) is 9.88 Å². The molecule has 0 aliphatic rings. The van der Waals surface area contributed by atoms with Crippen LogP contribution >= 0.6 is 11.8 Å². The molecule has 0 fully saturated rings. The van der Waals surface area contributed by atoms with Gasteiger partial charge in [0.2, 0.25) is 0 Å². The van der Waals surface area contributed by atoms with Crippen molar-refractivity contribution in [2.24, 2.45) is 4.99 Å². The number of aliphatic hydroxyl groups excluding tert-OH is 1. The molecule has 1 N–H and O–H groups in total. The number of ketones is 1. The fourth-order valence-electron chi connectivity index (χ4n) is 2.49. The van der Waals surface area contributed by atoms with Crippen LogP contribution in [0.2, 0.25) is 0 Å². The molecule has 136 valence electrons. The van der Waals surface area contributed by atoms with Crippen molar-refractivity contribution in [2.75, 3.05) is 19.4 Å². The SMILES string of the molecule is CS/C(C(C)=O)=C(/C)N(C=Nc1ccc(-c2ccccc2)cn1)CCO. The molecule has 1 aromatic heterocycles. The number of aliphatic imine (C=N–C) groups is 1. The van der Waals surface area contributed by atoms with E-state index in [1.165, 1.54) is 18.7 Å². The van der Waals surface area contributed by atoms with Gasteiger partial charge < -0.3 is 10.0 Å². The average Bonchev–Trinajstić information content (AvgIpc) is 2.66. The van der Waals surface area contributed by atoms with Crippen molar-refractivity contribution in [1.29, 1.82) is 0 Å². The second-order valence-corrected chi connectivity index (χ2v) is 6.42. The maximum absolute atomic E-state index is 11.7. The summed E-state index contributed by atoms with van der Waals surface area (Å²) in [6.07, 6.45) is 5.25. The molecule has 1 heterocycles. The fourth-order valence-corrected chi connectivity index (χ4v) is 3.19. The number of hydrogen-bond acceptors (Lipinski definition) is 5. The third-order valence-corrected chi connectivity index (χ3v) is 4.80. The van der Waals surface area contributed by atoms with Gasteiger partial charge in [-0.15, -0.1) is 11.8 Å². The average molecular weight is 369 g/mol. The van der Waals surface area contributed by atoms with Crippen molar-refractivity contribution >= 4 is 29.7 Å². The lowest BCUT2D eigenvalue weighted by Gasteiger charge is -2.21. The maximum atomic E-state index is 11.7. The molecular weight excluding hydrogens is 346 g/mol. The van der Waals surface area contributed by atoms with E-state index >= 15 is 0 Å². The highest BCUT2D eigenvalue weighted by Gasteiger charge is 2.12. The second-order valence-electron chi connectivity index (χ2n) is 5.61. The van der Waals surface area contributed by atoms with Crippen molar-refractivity contribution in [2.45, 2.75) is 13.8 Å². The van der Waals surface area contributed by atoms with Gasteiger partial charge in [-0.3, -0.25) is 4.79 Å². The van der Waals surface area contributed by atoms with Gasteiger partial charge in [-0.05, 0) is 37.8 Å². The normalized spacial score (nSPS) is 12.2. The Hall–Kier alpha value is -2.44. The Morgan fingerprint density at radius 1 is 1.19 bits per heavy atom. The lowest BCUT2D eigenvalue weighted by atomic mass is 10.1. The molecular formula is C20H23N3O2S. The van der Waals surface area contributed by atoms with Gasteiger partial charge >= 0.3 is 0 Å². The molecule has 0 saturated carbocycles. The Bertz CT molecular complexity index is 786. The van der Waals surface area contributed by atoms with Crippen LogP contribution in [-0.2, 0) is 4.79 Å². The minimum atomic E-state index is -0.0384. The van der Waals surface area contributed by atoms with Crippen LogP contribution in [-0.4, -0.2) is 46.5 Å². The Balaban J connectivity index is 2.21. The molecule has 2 aromatic rings. The van der Waals surface area contributed by atoms with Crippen LogP contribution < -0.4 is 0 Å². The Morgan fingerprint density at radius 2 is 1.92 bits per heavy atom. The molecule has 0 unspecified atom stereocenters. The monoisotopic (exact) mass is 369 g/mol. The minimum Gasteiger partial charge on any atom is -0.395 e. The summed E-state index contributed by atoms with van der Waals surface area (Å²) in [4.78, 5) is 22.9. The van der Waals surface area contributed by atoms with E-state index in [0.29, 0.717) is 17.3 Å². The largest absolute Gasteiger partial charge is 0.395 e. The molecule has 1 aromatic carbocycles. The number of pyridine rings is 1. The number of thioether (sulfide) groups is 1.